The highest BCUT2D eigenvalue weighted by molar-refractivity contribution is 7.89. The first kappa shape index (κ1) is 43.3. The summed E-state index contributed by atoms with van der Waals surface area (Å²) in [6, 6.07) is 24.1. The first-order valence-corrected chi connectivity index (χ1v) is 20.8. The van der Waals surface area contributed by atoms with E-state index in [2.05, 4.69) is 17.0 Å². The molecule has 0 aliphatic heterocycles. The van der Waals surface area contributed by atoms with E-state index in [0.717, 1.165) is 30.4 Å². The first-order chi connectivity index (χ1) is 25.0. The van der Waals surface area contributed by atoms with Crippen LogP contribution in [0.15, 0.2) is 89.8 Å². The maximum atomic E-state index is 13.9. The predicted octanol–water partition coefficient (Wildman–Crippen LogP) is 9.89. The molecule has 3 aromatic carbocycles. The molecule has 2 N–H and O–H groups in total. The molecule has 0 saturated heterocycles. The molecule has 0 saturated carbocycles. The molecule has 0 spiro atoms. The summed E-state index contributed by atoms with van der Waals surface area (Å²) in [5.74, 6) is 0. The van der Waals surface area contributed by atoms with Crippen molar-refractivity contribution in [2.24, 2.45) is 0 Å². The Labute approximate surface area is 313 Å². The van der Waals surface area contributed by atoms with Crippen molar-refractivity contribution in [2.45, 2.75) is 153 Å². The number of nitrogens with one attached hydrogen (secondary N) is 2. The molecule has 0 unspecified atom stereocenters. The van der Waals surface area contributed by atoms with Crippen molar-refractivity contribution >= 4 is 15.7 Å². The zero-order chi connectivity index (χ0) is 37.7. The molecule has 52 heavy (non-hydrogen) atoms. The smallest absolute Gasteiger partial charge is 0.269 e. The number of hydrogen-bond donors (Lipinski definition) is 2. The van der Waals surface area contributed by atoms with Crippen LogP contribution in [0.25, 0.3) is 0 Å². The summed E-state index contributed by atoms with van der Waals surface area (Å²) in [5.41, 5.74) is 1.52. The molecule has 3 rings (SSSR count). The van der Waals surface area contributed by atoms with Gasteiger partial charge in [0, 0.05) is 24.2 Å². The van der Waals surface area contributed by atoms with E-state index in [1.165, 1.54) is 82.1 Å². The molecular weight excluding hydrogens is 675 g/mol. The molecule has 9 nitrogen and oxygen atoms in total. The Morgan fingerprint density at radius 3 is 1.65 bits per heavy atom. The number of benzene rings is 3. The van der Waals surface area contributed by atoms with Gasteiger partial charge in [0.15, 0.2) is 0 Å². The predicted molar refractivity (Wildman–Crippen MR) is 211 cm³/mol. The van der Waals surface area contributed by atoms with Crippen LogP contribution >= 0.6 is 0 Å². The Hall–Kier alpha value is -3.15. The fraction of sp³-hybridized carbons (Fsp3) is 0.571. The molecular formula is C42H63N3O6S. The fourth-order valence-corrected chi connectivity index (χ4v) is 7.46. The van der Waals surface area contributed by atoms with Crippen LogP contribution < -0.4 is 10.0 Å². The SMILES string of the molecule is CCCCCCCCCCCCCC[C@@H](OCc1ccccc1)[C@@H](OCc1ccccc1)[C@H](CNC(C)(C)C)NS(=O)(=O)c1ccc([N+](=O)[O-])cc1. The van der Waals surface area contributed by atoms with E-state index in [0.29, 0.717) is 13.0 Å². The lowest BCUT2D eigenvalue weighted by atomic mass is 9.98. The Morgan fingerprint density at radius 1 is 0.692 bits per heavy atom. The maximum Gasteiger partial charge on any atom is 0.269 e. The van der Waals surface area contributed by atoms with E-state index < -0.39 is 33.2 Å². The number of nitrogens with zero attached hydrogens (tertiary/aromatic N) is 1. The van der Waals surface area contributed by atoms with Crippen LogP contribution in [-0.4, -0.2) is 43.7 Å². The van der Waals surface area contributed by atoms with Crippen LogP contribution in [0.1, 0.15) is 122 Å². The molecule has 0 heterocycles. The van der Waals surface area contributed by atoms with Gasteiger partial charge in [-0.3, -0.25) is 10.1 Å². The van der Waals surface area contributed by atoms with Gasteiger partial charge in [0.2, 0.25) is 10.0 Å². The lowest BCUT2D eigenvalue weighted by Crippen LogP contribution is -2.57. The number of non-ortho nitro benzene ring substituents is 1. The minimum absolute atomic E-state index is 0.0524. The van der Waals surface area contributed by atoms with Gasteiger partial charge < -0.3 is 14.8 Å². The molecule has 0 aliphatic rings. The zero-order valence-electron chi connectivity index (χ0n) is 31.9. The zero-order valence-corrected chi connectivity index (χ0v) is 32.8. The van der Waals surface area contributed by atoms with Crippen molar-refractivity contribution in [2.75, 3.05) is 6.54 Å². The third-order valence-corrected chi connectivity index (χ3v) is 10.7. The largest absolute Gasteiger partial charge is 0.371 e. The Morgan fingerprint density at radius 2 is 1.17 bits per heavy atom. The summed E-state index contributed by atoms with van der Waals surface area (Å²) in [6.45, 7) is 9.27. The highest BCUT2D eigenvalue weighted by atomic mass is 32.2. The molecule has 3 atom stereocenters. The number of rotatable bonds is 27. The van der Waals surface area contributed by atoms with Crippen molar-refractivity contribution in [3.8, 4) is 0 Å². The summed E-state index contributed by atoms with van der Waals surface area (Å²) in [7, 11) is -4.09. The van der Waals surface area contributed by atoms with Crippen LogP contribution in [0.3, 0.4) is 0 Å². The van der Waals surface area contributed by atoms with Gasteiger partial charge >= 0.3 is 0 Å². The molecule has 10 heteroatoms. The van der Waals surface area contributed by atoms with Gasteiger partial charge in [-0.25, -0.2) is 13.1 Å². The molecule has 0 fully saturated rings. The monoisotopic (exact) mass is 737 g/mol. The summed E-state index contributed by atoms with van der Waals surface area (Å²) in [4.78, 5) is 10.7. The highest BCUT2D eigenvalue weighted by Gasteiger charge is 2.35. The van der Waals surface area contributed by atoms with Crippen molar-refractivity contribution in [1.29, 1.82) is 0 Å². The lowest BCUT2D eigenvalue weighted by Gasteiger charge is -2.36. The molecule has 3 aromatic rings. The number of nitro benzene ring substituents is 1. The van der Waals surface area contributed by atoms with Crippen molar-refractivity contribution < 1.29 is 22.8 Å². The summed E-state index contributed by atoms with van der Waals surface area (Å²) in [6.07, 6.45) is 14.5. The van der Waals surface area contributed by atoms with Gasteiger partial charge in [-0.05, 0) is 50.5 Å². The normalized spacial score (nSPS) is 13.8. The molecule has 0 amide bonds. The second kappa shape index (κ2) is 23.5. The number of ether oxygens (including phenoxy) is 2. The minimum atomic E-state index is -4.09. The van der Waals surface area contributed by atoms with Crippen LogP contribution in [0.5, 0.6) is 0 Å². The summed E-state index contributed by atoms with van der Waals surface area (Å²) in [5, 5.41) is 14.8. The van der Waals surface area contributed by atoms with Crippen molar-refractivity contribution in [3.63, 3.8) is 0 Å². The van der Waals surface area contributed by atoms with Gasteiger partial charge in [0.05, 0.1) is 35.2 Å². The highest BCUT2D eigenvalue weighted by Crippen LogP contribution is 2.24. The summed E-state index contributed by atoms with van der Waals surface area (Å²) < 4.78 is 44.1. The topological polar surface area (TPSA) is 120 Å². The van der Waals surface area contributed by atoms with E-state index in [4.69, 9.17) is 9.47 Å². The second-order valence-corrected chi connectivity index (χ2v) is 16.6. The average molecular weight is 738 g/mol. The van der Waals surface area contributed by atoms with E-state index >= 15 is 0 Å². The Kier molecular flexibility index (Phi) is 19.5. The van der Waals surface area contributed by atoms with Crippen LogP contribution in [0.2, 0.25) is 0 Å². The molecule has 0 aromatic heterocycles. The van der Waals surface area contributed by atoms with Gasteiger partial charge in [0.1, 0.15) is 6.10 Å². The van der Waals surface area contributed by atoms with Crippen LogP contribution in [-0.2, 0) is 32.7 Å². The van der Waals surface area contributed by atoms with Gasteiger partial charge in [-0.1, -0.05) is 145 Å². The molecule has 0 radical (unpaired) electrons. The number of nitro groups is 1. The molecule has 0 bridgehead atoms. The maximum absolute atomic E-state index is 13.9. The average Bonchev–Trinajstić information content (AvgIpc) is 3.13. The second-order valence-electron chi connectivity index (χ2n) is 14.9. The van der Waals surface area contributed by atoms with E-state index in [-0.39, 0.29) is 29.3 Å². The number of unbranched alkanes of at least 4 members (excludes halogenated alkanes) is 11. The summed E-state index contributed by atoms with van der Waals surface area (Å²) >= 11 is 0. The Bertz CT molecular complexity index is 1500. The number of hydrogen-bond acceptors (Lipinski definition) is 7. The lowest BCUT2D eigenvalue weighted by molar-refractivity contribution is -0.384. The quantitative estimate of drug-likeness (QED) is 0.0454. The minimum Gasteiger partial charge on any atom is -0.371 e. The molecule has 0 aliphatic carbocycles. The van der Waals surface area contributed by atoms with Crippen LogP contribution in [0, 0.1) is 10.1 Å². The van der Waals surface area contributed by atoms with E-state index in [1.807, 2.05) is 81.4 Å². The van der Waals surface area contributed by atoms with Crippen molar-refractivity contribution in [3.05, 3.63) is 106 Å². The van der Waals surface area contributed by atoms with E-state index in [1.54, 1.807) is 0 Å². The number of sulfonamides is 1. The van der Waals surface area contributed by atoms with Crippen LogP contribution in [0.4, 0.5) is 5.69 Å². The molecule has 288 valence electrons. The third kappa shape index (κ3) is 17.1. The van der Waals surface area contributed by atoms with Crippen molar-refractivity contribution in [1.82, 2.24) is 10.0 Å². The van der Waals surface area contributed by atoms with Gasteiger partial charge in [-0.2, -0.15) is 0 Å². The van der Waals surface area contributed by atoms with Gasteiger partial charge in [-0.15, -0.1) is 0 Å². The first-order valence-electron chi connectivity index (χ1n) is 19.3. The van der Waals surface area contributed by atoms with Gasteiger partial charge in [0.25, 0.3) is 5.69 Å². The standard InChI is InChI=1S/C42H63N3O6S/c1-5-6-7-8-9-10-11-12-13-14-15-22-27-40(50-33-35-23-18-16-19-24-35)41(51-34-36-25-20-17-21-26-36)39(32-43-42(2,3)4)44-52(48,49)38-30-28-37(29-31-38)45(46)47/h16-21,23-26,28-31,39-41,43-44H,5-15,22,27,32-34H2,1-4H3/t39-,40+,41-/m0/s1. The third-order valence-electron chi connectivity index (χ3n) is 9.21. The van der Waals surface area contributed by atoms with E-state index in [9.17, 15) is 18.5 Å². The fourth-order valence-electron chi connectivity index (χ4n) is 6.21. The Balaban J connectivity index is 1.82.